The molecular formula is C16H22OS. The van der Waals surface area contributed by atoms with Crippen molar-refractivity contribution in [3.05, 3.63) is 41.5 Å². The van der Waals surface area contributed by atoms with E-state index >= 15 is 0 Å². The van der Waals surface area contributed by atoms with E-state index in [1.165, 1.54) is 22.9 Å². The minimum atomic E-state index is 0.189. The molecular weight excluding hydrogens is 240 g/mol. The summed E-state index contributed by atoms with van der Waals surface area (Å²) in [5, 5.41) is 0.193. The van der Waals surface area contributed by atoms with Crippen LogP contribution in [0.1, 0.15) is 45.2 Å². The Morgan fingerprint density at radius 3 is 2.67 bits per heavy atom. The predicted molar refractivity (Wildman–Crippen MR) is 81.9 cm³/mol. The van der Waals surface area contributed by atoms with Gasteiger partial charge >= 0.3 is 0 Å². The molecule has 0 aliphatic rings. The lowest BCUT2D eigenvalue weighted by Gasteiger charge is -2.19. The van der Waals surface area contributed by atoms with E-state index in [1.54, 1.807) is 6.92 Å². The number of rotatable bonds is 4. The quantitative estimate of drug-likeness (QED) is 0.734. The summed E-state index contributed by atoms with van der Waals surface area (Å²) in [4.78, 5) is 10.8. The van der Waals surface area contributed by atoms with Crippen LogP contribution in [0.25, 0.3) is 6.08 Å². The number of carbonyl (C=O) groups is 1. The molecule has 0 fully saturated rings. The maximum Gasteiger partial charge on any atom is 0.185 e. The van der Waals surface area contributed by atoms with Crippen molar-refractivity contribution in [2.45, 2.75) is 39.5 Å². The topological polar surface area (TPSA) is 17.1 Å². The molecule has 1 aromatic carbocycles. The molecule has 18 heavy (non-hydrogen) atoms. The van der Waals surface area contributed by atoms with Crippen molar-refractivity contribution >= 4 is 23.0 Å². The number of hydrogen-bond acceptors (Lipinski definition) is 2. The fourth-order valence-electron chi connectivity index (χ4n) is 1.60. The minimum absolute atomic E-state index is 0.189. The number of carbonyl (C=O) groups excluding carboxylic acids is 1. The van der Waals surface area contributed by atoms with Gasteiger partial charge in [-0.3, -0.25) is 4.79 Å². The molecule has 0 heterocycles. The molecule has 0 aliphatic heterocycles. The van der Waals surface area contributed by atoms with E-state index < -0.39 is 0 Å². The molecule has 0 bridgehead atoms. The summed E-state index contributed by atoms with van der Waals surface area (Å²) in [5.41, 5.74) is 2.77. The third kappa shape index (κ3) is 5.54. The van der Waals surface area contributed by atoms with Gasteiger partial charge in [0.1, 0.15) is 0 Å². The van der Waals surface area contributed by atoms with Gasteiger partial charge < -0.3 is 0 Å². The van der Waals surface area contributed by atoms with Crippen molar-refractivity contribution in [1.29, 1.82) is 0 Å². The van der Waals surface area contributed by atoms with Crippen LogP contribution < -0.4 is 0 Å². The lowest BCUT2D eigenvalue weighted by Crippen LogP contribution is -2.10. The highest BCUT2D eigenvalue weighted by molar-refractivity contribution is 8.13. The van der Waals surface area contributed by atoms with Gasteiger partial charge in [0.25, 0.3) is 0 Å². The zero-order chi connectivity index (χ0) is 13.6. The Balaban J connectivity index is 2.57. The zero-order valence-electron chi connectivity index (χ0n) is 11.7. The Hall–Kier alpha value is -1.02. The molecule has 1 nitrogen and oxygen atoms in total. The lowest BCUT2D eigenvalue weighted by molar-refractivity contribution is -0.109. The first-order valence-corrected chi connectivity index (χ1v) is 7.28. The van der Waals surface area contributed by atoms with Crippen molar-refractivity contribution in [3.63, 3.8) is 0 Å². The van der Waals surface area contributed by atoms with Gasteiger partial charge in [0.05, 0.1) is 0 Å². The van der Waals surface area contributed by atoms with Gasteiger partial charge in [0.15, 0.2) is 5.12 Å². The van der Waals surface area contributed by atoms with Crippen LogP contribution in [0.15, 0.2) is 30.3 Å². The van der Waals surface area contributed by atoms with Gasteiger partial charge in [-0.05, 0) is 23.0 Å². The first kappa shape index (κ1) is 15.0. The van der Waals surface area contributed by atoms with Crippen LogP contribution in [0.3, 0.4) is 0 Å². The second-order valence-electron chi connectivity index (χ2n) is 5.41. The SMILES string of the molecule is CC(=O)SCCC=Cc1cccc(C(C)(C)C)c1. The summed E-state index contributed by atoms with van der Waals surface area (Å²) in [7, 11) is 0. The zero-order valence-corrected chi connectivity index (χ0v) is 12.5. The molecule has 98 valence electrons. The Morgan fingerprint density at radius 1 is 1.33 bits per heavy atom. The highest BCUT2D eigenvalue weighted by Gasteiger charge is 2.12. The molecule has 0 amide bonds. The third-order valence-electron chi connectivity index (χ3n) is 2.65. The smallest absolute Gasteiger partial charge is 0.185 e. The molecule has 0 unspecified atom stereocenters. The Labute approximate surface area is 115 Å². The van der Waals surface area contributed by atoms with E-state index in [4.69, 9.17) is 0 Å². The average molecular weight is 262 g/mol. The van der Waals surface area contributed by atoms with Crippen LogP contribution >= 0.6 is 11.8 Å². The second-order valence-corrected chi connectivity index (χ2v) is 6.68. The van der Waals surface area contributed by atoms with Crippen molar-refractivity contribution in [3.8, 4) is 0 Å². The highest BCUT2D eigenvalue weighted by Crippen LogP contribution is 2.23. The maximum absolute atomic E-state index is 10.8. The monoisotopic (exact) mass is 262 g/mol. The summed E-state index contributed by atoms with van der Waals surface area (Å²) in [5.74, 6) is 0.866. The fourth-order valence-corrected chi connectivity index (χ4v) is 2.14. The molecule has 0 atom stereocenters. The summed E-state index contributed by atoms with van der Waals surface area (Å²) >= 11 is 1.38. The van der Waals surface area contributed by atoms with Crippen molar-refractivity contribution in [2.75, 3.05) is 5.75 Å². The van der Waals surface area contributed by atoms with Crippen LogP contribution in [-0.2, 0) is 10.2 Å². The number of hydrogen-bond donors (Lipinski definition) is 0. The van der Waals surface area contributed by atoms with Crippen LogP contribution in [0, 0.1) is 0 Å². The van der Waals surface area contributed by atoms with Crippen LogP contribution in [-0.4, -0.2) is 10.9 Å². The van der Waals surface area contributed by atoms with Gasteiger partial charge in [0.2, 0.25) is 0 Å². The van der Waals surface area contributed by atoms with Gasteiger partial charge in [-0.15, -0.1) is 0 Å². The maximum atomic E-state index is 10.8. The molecule has 2 heteroatoms. The summed E-state index contributed by atoms with van der Waals surface area (Å²) in [6, 6.07) is 8.62. The Bertz CT molecular complexity index is 427. The molecule has 1 rings (SSSR count). The second kappa shape index (κ2) is 6.79. The molecule has 0 aromatic heterocycles. The van der Waals surface area contributed by atoms with Gasteiger partial charge in [-0.25, -0.2) is 0 Å². The van der Waals surface area contributed by atoms with E-state index in [9.17, 15) is 4.79 Å². The highest BCUT2D eigenvalue weighted by atomic mass is 32.2. The summed E-state index contributed by atoms with van der Waals surface area (Å²) in [6.07, 6.45) is 5.21. The van der Waals surface area contributed by atoms with Crippen molar-refractivity contribution in [1.82, 2.24) is 0 Å². The number of allylic oxidation sites excluding steroid dienone is 1. The molecule has 0 aliphatic carbocycles. The molecule has 0 N–H and O–H groups in total. The number of thioether (sulfide) groups is 1. The van der Waals surface area contributed by atoms with E-state index in [-0.39, 0.29) is 10.5 Å². The Morgan fingerprint density at radius 2 is 2.06 bits per heavy atom. The first-order valence-electron chi connectivity index (χ1n) is 6.30. The van der Waals surface area contributed by atoms with Crippen LogP contribution in [0.2, 0.25) is 0 Å². The predicted octanol–water partition coefficient (Wildman–Crippen LogP) is 4.67. The van der Waals surface area contributed by atoms with Crippen LogP contribution in [0.5, 0.6) is 0 Å². The lowest BCUT2D eigenvalue weighted by atomic mass is 9.86. The molecule has 0 saturated carbocycles. The normalized spacial score (nSPS) is 12.0. The average Bonchev–Trinajstić information content (AvgIpc) is 2.27. The summed E-state index contributed by atoms with van der Waals surface area (Å²) in [6.45, 7) is 8.28. The fraction of sp³-hybridized carbons (Fsp3) is 0.438. The molecule has 0 saturated heterocycles. The number of benzene rings is 1. The molecule has 0 radical (unpaired) electrons. The molecule has 1 aromatic rings. The summed E-state index contributed by atoms with van der Waals surface area (Å²) < 4.78 is 0. The van der Waals surface area contributed by atoms with Gasteiger partial charge in [-0.1, -0.05) is 69.0 Å². The first-order chi connectivity index (χ1) is 8.39. The Kier molecular flexibility index (Phi) is 5.67. The van der Waals surface area contributed by atoms with Crippen LogP contribution in [0.4, 0.5) is 0 Å². The van der Waals surface area contributed by atoms with E-state index in [0.717, 1.165) is 12.2 Å². The van der Waals surface area contributed by atoms with E-state index in [1.807, 2.05) is 0 Å². The largest absolute Gasteiger partial charge is 0.288 e. The van der Waals surface area contributed by atoms with E-state index in [0.29, 0.717) is 0 Å². The standard InChI is InChI=1S/C16H22OS/c1-13(17)18-11-6-5-8-14-9-7-10-15(12-14)16(2,3)4/h5,7-10,12H,6,11H2,1-4H3. The molecule has 0 spiro atoms. The van der Waals surface area contributed by atoms with Gasteiger partial charge in [0, 0.05) is 12.7 Å². The van der Waals surface area contributed by atoms with Gasteiger partial charge in [-0.2, -0.15) is 0 Å². The van der Waals surface area contributed by atoms with Crippen molar-refractivity contribution in [2.24, 2.45) is 0 Å². The minimum Gasteiger partial charge on any atom is -0.288 e. The third-order valence-corrected chi connectivity index (χ3v) is 3.50. The van der Waals surface area contributed by atoms with Crippen molar-refractivity contribution < 1.29 is 4.79 Å². The van der Waals surface area contributed by atoms with E-state index in [2.05, 4.69) is 57.2 Å².